The third-order valence-corrected chi connectivity index (χ3v) is 3.61. The summed E-state index contributed by atoms with van der Waals surface area (Å²) in [5.74, 6) is -0.649. The number of carbonyl (C=O) groups excluding carboxylic acids is 1. The van der Waals surface area contributed by atoms with Gasteiger partial charge in [-0.2, -0.15) is 0 Å². The maximum absolute atomic E-state index is 12.3. The van der Waals surface area contributed by atoms with Gasteiger partial charge in [-0.25, -0.2) is 0 Å². The van der Waals surface area contributed by atoms with Crippen molar-refractivity contribution in [3.8, 4) is 11.5 Å². The number of anilines is 1. The lowest BCUT2D eigenvalue weighted by Gasteiger charge is -2.20. The monoisotopic (exact) mass is 284 g/mol. The minimum Gasteiger partial charge on any atom is -0.508 e. The Balaban J connectivity index is 1.90. The summed E-state index contributed by atoms with van der Waals surface area (Å²) in [6.07, 6.45) is 0.845. The van der Waals surface area contributed by atoms with Crippen LogP contribution in [0.4, 0.5) is 5.69 Å². The Labute approximate surface area is 122 Å². The van der Waals surface area contributed by atoms with Crippen molar-refractivity contribution in [1.29, 1.82) is 0 Å². The molecule has 0 radical (unpaired) electrons. The molecule has 0 fully saturated rings. The smallest absolute Gasteiger partial charge is 0.259 e. The molecule has 4 N–H and O–H groups in total. The molecule has 0 unspecified atom stereocenters. The Hall–Kier alpha value is -2.53. The van der Waals surface area contributed by atoms with Crippen molar-refractivity contribution < 1.29 is 15.0 Å². The number of hydrogen-bond donors (Lipinski definition) is 4. The summed E-state index contributed by atoms with van der Waals surface area (Å²) in [6, 6.07) is 9.66. The zero-order valence-corrected chi connectivity index (χ0v) is 11.4. The van der Waals surface area contributed by atoms with E-state index >= 15 is 0 Å². The molecule has 0 aliphatic carbocycles. The van der Waals surface area contributed by atoms with Gasteiger partial charge in [0, 0.05) is 12.2 Å². The Morgan fingerprint density at radius 1 is 1.19 bits per heavy atom. The molecule has 1 amide bonds. The van der Waals surface area contributed by atoms with Gasteiger partial charge in [-0.3, -0.25) is 4.79 Å². The van der Waals surface area contributed by atoms with E-state index in [1.54, 1.807) is 0 Å². The first-order valence-electron chi connectivity index (χ1n) is 6.80. The van der Waals surface area contributed by atoms with E-state index in [1.165, 1.54) is 23.8 Å². The highest BCUT2D eigenvalue weighted by Gasteiger charge is 2.17. The van der Waals surface area contributed by atoms with Gasteiger partial charge in [-0.05, 0) is 48.4 Å². The molecule has 0 spiro atoms. The molecule has 0 atom stereocenters. The van der Waals surface area contributed by atoms with Crippen molar-refractivity contribution >= 4 is 11.6 Å². The van der Waals surface area contributed by atoms with Gasteiger partial charge in [0.05, 0.1) is 5.56 Å². The Bertz CT molecular complexity index is 698. The van der Waals surface area contributed by atoms with E-state index in [-0.39, 0.29) is 17.1 Å². The first kappa shape index (κ1) is 13.5. The van der Waals surface area contributed by atoms with Gasteiger partial charge in [-0.1, -0.05) is 12.1 Å². The van der Waals surface area contributed by atoms with Crippen LogP contribution in [0.1, 0.15) is 21.5 Å². The van der Waals surface area contributed by atoms with E-state index in [0.29, 0.717) is 0 Å². The Kier molecular flexibility index (Phi) is 3.50. The number of nitrogens with one attached hydrogen (secondary N) is 2. The van der Waals surface area contributed by atoms with E-state index in [1.807, 2.05) is 18.2 Å². The fraction of sp³-hybridized carbons (Fsp3) is 0.188. The van der Waals surface area contributed by atoms with Crippen LogP contribution < -0.4 is 10.6 Å². The Morgan fingerprint density at radius 3 is 2.90 bits per heavy atom. The summed E-state index contributed by atoms with van der Waals surface area (Å²) < 4.78 is 0. The van der Waals surface area contributed by atoms with E-state index in [0.717, 1.165) is 30.8 Å². The first-order valence-corrected chi connectivity index (χ1v) is 6.80. The molecule has 1 aliphatic rings. The molecular weight excluding hydrogens is 268 g/mol. The number of hydrogen-bond acceptors (Lipinski definition) is 4. The second-order valence-corrected chi connectivity index (χ2v) is 5.03. The van der Waals surface area contributed by atoms with Gasteiger partial charge < -0.3 is 20.8 Å². The molecular formula is C16H16N2O3. The third kappa shape index (κ3) is 2.68. The summed E-state index contributed by atoms with van der Waals surface area (Å²) in [6.45, 7) is 1.66. The molecule has 0 aromatic heterocycles. The summed E-state index contributed by atoms with van der Waals surface area (Å²) in [7, 11) is 0. The third-order valence-electron chi connectivity index (χ3n) is 3.61. The maximum atomic E-state index is 12.3. The van der Waals surface area contributed by atoms with Gasteiger partial charge in [0.2, 0.25) is 0 Å². The van der Waals surface area contributed by atoms with Crippen LogP contribution in [0.25, 0.3) is 0 Å². The number of amides is 1. The average Bonchev–Trinajstić information content (AvgIpc) is 2.50. The van der Waals surface area contributed by atoms with Gasteiger partial charge >= 0.3 is 0 Å². The predicted molar refractivity (Wildman–Crippen MR) is 79.6 cm³/mol. The van der Waals surface area contributed by atoms with E-state index in [2.05, 4.69) is 10.6 Å². The number of phenols is 2. The molecule has 1 aliphatic heterocycles. The SMILES string of the molecule is O=C(Nc1cccc2c1CCNC2)c1cc(O)ccc1O. The van der Waals surface area contributed by atoms with Crippen molar-refractivity contribution in [2.75, 3.05) is 11.9 Å². The summed E-state index contributed by atoms with van der Waals surface area (Å²) in [5.41, 5.74) is 3.09. The van der Waals surface area contributed by atoms with Crippen molar-refractivity contribution in [2.45, 2.75) is 13.0 Å². The van der Waals surface area contributed by atoms with Crippen LogP contribution in [-0.2, 0) is 13.0 Å². The standard InChI is InChI=1S/C16H16N2O3/c19-11-4-5-15(20)13(8-11)16(21)18-14-3-1-2-10-9-17-7-6-12(10)14/h1-5,8,17,19-20H,6-7,9H2,(H,18,21). The lowest BCUT2D eigenvalue weighted by atomic mass is 9.99. The summed E-state index contributed by atoms with van der Waals surface area (Å²) in [4.78, 5) is 12.3. The van der Waals surface area contributed by atoms with Crippen LogP contribution in [0, 0.1) is 0 Å². The lowest BCUT2D eigenvalue weighted by molar-refractivity contribution is 0.102. The average molecular weight is 284 g/mol. The van der Waals surface area contributed by atoms with E-state index < -0.39 is 5.91 Å². The number of rotatable bonds is 2. The van der Waals surface area contributed by atoms with Crippen molar-refractivity contribution in [3.05, 3.63) is 53.1 Å². The molecule has 21 heavy (non-hydrogen) atoms. The van der Waals surface area contributed by atoms with Crippen molar-refractivity contribution in [2.24, 2.45) is 0 Å². The van der Waals surface area contributed by atoms with Crippen LogP contribution in [0.3, 0.4) is 0 Å². The van der Waals surface area contributed by atoms with Gasteiger partial charge in [0.15, 0.2) is 0 Å². The number of fused-ring (bicyclic) bond motifs is 1. The van der Waals surface area contributed by atoms with Gasteiger partial charge in [0.1, 0.15) is 11.5 Å². The van der Waals surface area contributed by atoms with Crippen molar-refractivity contribution in [3.63, 3.8) is 0 Å². The molecule has 5 heteroatoms. The predicted octanol–water partition coefficient (Wildman–Crippen LogP) is 2.00. The molecule has 0 bridgehead atoms. The number of aromatic hydroxyl groups is 2. The molecule has 0 saturated carbocycles. The van der Waals surface area contributed by atoms with Gasteiger partial charge in [-0.15, -0.1) is 0 Å². The fourth-order valence-electron chi connectivity index (χ4n) is 2.54. The highest BCUT2D eigenvalue weighted by molar-refractivity contribution is 6.06. The fourth-order valence-corrected chi connectivity index (χ4v) is 2.54. The van der Waals surface area contributed by atoms with Crippen LogP contribution in [-0.4, -0.2) is 22.7 Å². The second kappa shape index (κ2) is 5.46. The molecule has 2 aromatic rings. The zero-order valence-electron chi connectivity index (χ0n) is 11.4. The van der Waals surface area contributed by atoms with Crippen molar-refractivity contribution in [1.82, 2.24) is 5.32 Å². The summed E-state index contributed by atoms with van der Waals surface area (Å²) in [5, 5.41) is 25.3. The molecule has 0 saturated heterocycles. The van der Waals surface area contributed by atoms with Crippen LogP contribution in [0.5, 0.6) is 11.5 Å². The number of benzene rings is 2. The zero-order chi connectivity index (χ0) is 14.8. The molecule has 5 nitrogen and oxygen atoms in total. The van der Waals surface area contributed by atoms with Crippen LogP contribution in [0.2, 0.25) is 0 Å². The summed E-state index contributed by atoms with van der Waals surface area (Å²) >= 11 is 0. The molecule has 108 valence electrons. The largest absolute Gasteiger partial charge is 0.508 e. The second-order valence-electron chi connectivity index (χ2n) is 5.03. The van der Waals surface area contributed by atoms with Gasteiger partial charge in [0.25, 0.3) is 5.91 Å². The molecule has 2 aromatic carbocycles. The minimum absolute atomic E-state index is 0.0570. The topological polar surface area (TPSA) is 81.6 Å². The number of carbonyl (C=O) groups is 1. The lowest BCUT2D eigenvalue weighted by Crippen LogP contribution is -2.25. The molecule has 3 rings (SSSR count). The minimum atomic E-state index is -0.435. The highest BCUT2D eigenvalue weighted by Crippen LogP contribution is 2.26. The maximum Gasteiger partial charge on any atom is 0.259 e. The van der Waals surface area contributed by atoms with E-state index in [9.17, 15) is 15.0 Å². The highest BCUT2D eigenvalue weighted by atomic mass is 16.3. The number of phenolic OH excluding ortho intramolecular Hbond substituents is 2. The van der Waals surface area contributed by atoms with E-state index in [4.69, 9.17) is 0 Å². The molecule has 1 heterocycles. The quantitative estimate of drug-likeness (QED) is 0.636. The Morgan fingerprint density at radius 2 is 2.05 bits per heavy atom. The van der Waals surface area contributed by atoms with Crippen LogP contribution >= 0.6 is 0 Å². The van der Waals surface area contributed by atoms with Crippen LogP contribution in [0.15, 0.2) is 36.4 Å². The first-order chi connectivity index (χ1) is 10.1. The normalized spacial score (nSPS) is 13.5.